The maximum Gasteiger partial charge on any atom is 0.224 e. The molecule has 1 aliphatic rings. The van der Waals surface area contributed by atoms with Gasteiger partial charge in [-0.05, 0) is 43.0 Å². The molecule has 7 heteroatoms. The number of nitrogens with zero attached hydrogens (tertiary/aromatic N) is 3. The molecule has 1 aromatic heterocycles. The monoisotopic (exact) mass is 372 g/mol. The van der Waals surface area contributed by atoms with Crippen LogP contribution in [0.15, 0.2) is 40.4 Å². The Balaban J connectivity index is 1.70. The van der Waals surface area contributed by atoms with Crippen LogP contribution in [0.3, 0.4) is 0 Å². The van der Waals surface area contributed by atoms with E-state index >= 15 is 0 Å². The van der Waals surface area contributed by atoms with Gasteiger partial charge in [-0.2, -0.15) is 0 Å². The lowest BCUT2D eigenvalue weighted by Crippen LogP contribution is -2.64. The molecule has 2 heterocycles. The molecule has 1 aliphatic heterocycles. The zero-order chi connectivity index (χ0) is 18.5. The molecule has 0 unspecified atom stereocenters. The number of anilines is 2. The predicted molar refractivity (Wildman–Crippen MR) is 104 cm³/mol. The maximum atomic E-state index is 11.5. The lowest BCUT2D eigenvalue weighted by Gasteiger charge is -2.29. The van der Waals surface area contributed by atoms with Gasteiger partial charge in [-0.15, -0.1) is 0 Å². The number of hydrogen-bond acceptors (Lipinski definition) is 5. The molecule has 0 radical (unpaired) electrons. The van der Waals surface area contributed by atoms with Crippen LogP contribution < -0.4 is 16.0 Å². The zero-order valence-corrected chi connectivity index (χ0v) is 16.2. The third-order valence-electron chi connectivity index (χ3n) is 4.43. The molecule has 1 amide bonds. The third kappa shape index (κ3) is 4.95. The lowest BCUT2D eigenvalue weighted by molar-refractivity contribution is -0.423. The Bertz CT molecular complexity index is 757. The van der Waals surface area contributed by atoms with E-state index in [-0.39, 0.29) is 5.91 Å². The molecule has 3 rings (SSSR count). The first kappa shape index (κ1) is 18.7. The van der Waals surface area contributed by atoms with Gasteiger partial charge in [0.05, 0.1) is 6.04 Å². The van der Waals surface area contributed by atoms with E-state index in [0.29, 0.717) is 12.5 Å². The standard InChI is InChI=1S/C19H25N5OS/c1-3-18(25)22-15-4-6-16(7-5-15)26-19-21-13(2)12-17(23-19)24-10-8-14(20)9-11-24/h4-7,12,14H,3,8-11,20H2,1-2H3,(H,22,25)/p+1. The van der Waals surface area contributed by atoms with Crippen LogP contribution in [0.1, 0.15) is 31.9 Å². The highest BCUT2D eigenvalue weighted by Crippen LogP contribution is 2.28. The van der Waals surface area contributed by atoms with Crippen molar-refractivity contribution in [1.82, 2.24) is 9.97 Å². The molecule has 6 nitrogen and oxygen atoms in total. The summed E-state index contributed by atoms with van der Waals surface area (Å²) in [5.41, 5.74) is 5.94. The number of carbonyl (C=O) groups excluding carboxylic acids is 1. The van der Waals surface area contributed by atoms with Crippen molar-refractivity contribution < 1.29 is 10.5 Å². The molecule has 1 aromatic carbocycles. The molecule has 138 valence electrons. The van der Waals surface area contributed by atoms with Crippen LogP contribution in [0.5, 0.6) is 0 Å². The SMILES string of the molecule is CCC(=O)Nc1ccc(Sc2nc(C)cc(N3CCC([NH3+])CC3)n2)cc1. The van der Waals surface area contributed by atoms with Gasteiger partial charge in [0, 0.05) is 54.7 Å². The minimum atomic E-state index is 0.0168. The van der Waals surface area contributed by atoms with Crippen molar-refractivity contribution in [2.24, 2.45) is 0 Å². The van der Waals surface area contributed by atoms with E-state index in [9.17, 15) is 4.79 Å². The number of aryl methyl sites for hydroxylation is 1. The second-order valence-corrected chi connectivity index (χ2v) is 7.65. The first-order valence-electron chi connectivity index (χ1n) is 9.05. The summed E-state index contributed by atoms with van der Waals surface area (Å²) in [5, 5.41) is 3.61. The Morgan fingerprint density at radius 1 is 1.27 bits per heavy atom. The van der Waals surface area contributed by atoms with Crippen LogP contribution >= 0.6 is 11.8 Å². The predicted octanol–water partition coefficient (Wildman–Crippen LogP) is 2.50. The molecule has 4 N–H and O–H groups in total. The zero-order valence-electron chi connectivity index (χ0n) is 15.4. The van der Waals surface area contributed by atoms with Crippen molar-refractivity contribution in [3.05, 3.63) is 36.0 Å². The molecule has 0 bridgehead atoms. The minimum Gasteiger partial charge on any atom is -0.356 e. The van der Waals surface area contributed by atoms with Crippen molar-refractivity contribution in [2.45, 2.75) is 49.2 Å². The molecule has 26 heavy (non-hydrogen) atoms. The van der Waals surface area contributed by atoms with E-state index in [4.69, 9.17) is 4.98 Å². The van der Waals surface area contributed by atoms with Crippen molar-refractivity contribution in [1.29, 1.82) is 0 Å². The number of hydrogen-bond donors (Lipinski definition) is 2. The number of rotatable bonds is 5. The maximum absolute atomic E-state index is 11.5. The van der Waals surface area contributed by atoms with Gasteiger partial charge in [-0.25, -0.2) is 9.97 Å². The van der Waals surface area contributed by atoms with Crippen molar-refractivity contribution >= 4 is 29.2 Å². The van der Waals surface area contributed by atoms with Crippen LogP contribution in [0, 0.1) is 6.92 Å². The van der Waals surface area contributed by atoms with Gasteiger partial charge >= 0.3 is 0 Å². The normalized spacial score (nSPS) is 15.1. The van der Waals surface area contributed by atoms with E-state index in [1.165, 1.54) is 11.8 Å². The number of quaternary nitrogens is 1. The second kappa shape index (κ2) is 8.51. The molecule has 0 saturated carbocycles. The Morgan fingerprint density at radius 2 is 1.96 bits per heavy atom. The van der Waals surface area contributed by atoms with Gasteiger partial charge in [0.15, 0.2) is 5.16 Å². The number of piperidine rings is 1. The molecule has 0 spiro atoms. The second-order valence-electron chi connectivity index (χ2n) is 6.61. The van der Waals surface area contributed by atoms with E-state index in [1.54, 1.807) is 0 Å². The first-order chi connectivity index (χ1) is 12.5. The summed E-state index contributed by atoms with van der Waals surface area (Å²) < 4.78 is 0. The number of nitrogens with one attached hydrogen (secondary N) is 1. The number of carbonyl (C=O) groups is 1. The van der Waals surface area contributed by atoms with Crippen LogP contribution in [0.2, 0.25) is 0 Å². The molecule has 0 aliphatic carbocycles. The molecule has 1 saturated heterocycles. The van der Waals surface area contributed by atoms with Crippen molar-refractivity contribution in [3.63, 3.8) is 0 Å². The molecule has 0 atom stereocenters. The van der Waals surface area contributed by atoms with Gasteiger partial charge in [-0.3, -0.25) is 4.79 Å². The molecule has 2 aromatic rings. The fourth-order valence-corrected chi connectivity index (χ4v) is 3.67. The summed E-state index contributed by atoms with van der Waals surface area (Å²) in [5.74, 6) is 1.02. The summed E-state index contributed by atoms with van der Waals surface area (Å²) in [6, 6.07) is 10.4. The lowest BCUT2D eigenvalue weighted by atomic mass is 10.1. The summed E-state index contributed by atoms with van der Waals surface area (Å²) in [7, 11) is 0. The smallest absolute Gasteiger partial charge is 0.224 e. The summed E-state index contributed by atoms with van der Waals surface area (Å²) in [6.45, 7) is 5.85. The quantitative estimate of drug-likeness (QED) is 0.788. The van der Waals surface area contributed by atoms with E-state index in [1.807, 2.05) is 38.1 Å². The fourth-order valence-electron chi connectivity index (χ4n) is 2.86. The van der Waals surface area contributed by atoms with E-state index in [0.717, 1.165) is 53.2 Å². The first-order valence-corrected chi connectivity index (χ1v) is 9.86. The van der Waals surface area contributed by atoms with Gasteiger partial charge in [0.2, 0.25) is 5.91 Å². The van der Waals surface area contributed by atoms with Crippen LogP contribution in [0.25, 0.3) is 0 Å². The molecular formula is C19H26N5OS+. The Hall–Kier alpha value is -2.12. The van der Waals surface area contributed by atoms with Crippen LogP contribution in [-0.4, -0.2) is 35.0 Å². The van der Waals surface area contributed by atoms with Crippen molar-refractivity contribution in [3.8, 4) is 0 Å². The molecular weight excluding hydrogens is 346 g/mol. The Labute approximate surface area is 158 Å². The minimum absolute atomic E-state index is 0.0168. The Morgan fingerprint density at radius 3 is 2.62 bits per heavy atom. The van der Waals surface area contributed by atoms with Gasteiger partial charge < -0.3 is 16.0 Å². The van der Waals surface area contributed by atoms with Gasteiger partial charge in [-0.1, -0.05) is 6.92 Å². The van der Waals surface area contributed by atoms with Crippen LogP contribution in [-0.2, 0) is 4.79 Å². The van der Waals surface area contributed by atoms with Gasteiger partial charge in [0.25, 0.3) is 0 Å². The number of amides is 1. The summed E-state index contributed by atoms with van der Waals surface area (Å²) in [6.07, 6.45) is 2.69. The molecule has 1 fully saturated rings. The number of benzene rings is 1. The third-order valence-corrected chi connectivity index (χ3v) is 5.30. The van der Waals surface area contributed by atoms with E-state index in [2.05, 4.69) is 27.0 Å². The Kier molecular flexibility index (Phi) is 6.11. The fraction of sp³-hybridized carbons (Fsp3) is 0.421. The highest BCUT2D eigenvalue weighted by Gasteiger charge is 2.20. The summed E-state index contributed by atoms with van der Waals surface area (Å²) in [4.78, 5) is 24.1. The van der Waals surface area contributed by atoms with E-state index < -0.39 is 0 Å². The van der Waals surface area contributed by atoms with Crippen LogP contribution in [0.4, 0.5) is 11.5 Å². The average molecular weight is 373 g/mol. The number of aromatic nitrogens is 2. The topological polar surface area (TPSA) is 85.8 Å². The van der Waals surface area contributed by atoms with Crippen molar-refractivity contribution in [2.75, 3.05) is 23.3 Å². The summed E-state index contributed by atoms with van der Waals surface area (Å²) >= 11 is 1.54. The van der Waals surface area contributed by atoms with Gasteiger partial charge in [0.1, 0.15) is 5.82 Å². The average Bonchev–Trinajstić information content (AvgIpc) is 2.63. The highest BCUT2D eigenvalue weighted by atomic mass is 32.2. The largest absolute Gasteiger partial charge is 0.356 e. The highest BCUT2D eigenvalue weighted by molar-refractivity contribution is 7.99.